The second-order valence-electron chi connectivity index (χ2n) is 6.96. The highest BCUT2D eigenvalue weighted by Gasteiger charge is 2.32. The number of sulfonamides is 1. The number of hydrogen-bond donors (Lipinski definition) is 2. The molecule has 1 aromatic carbocycles. The van der Waals surface area contributed by atoms with Crippen LogP contribution in [0.1, 0.15) is 37.6 Å². The Hall–Kier alpha value is -1.88. The van der Waals surface area contributed by atoms with Crippen LogP contribution in [-0.4, -0.2) is 50.1 Å². The van der Waals surface area contributed by atoms with Crippen molar-refractivity contribution in [3.05, 3.63) is 41.8 Å². The first-order chi connectivity index (χ1) is 12.8. The zero-order valence-corrected chi connectivity index (χ0v) is 16.3. The van der Waals surface area contributed by atoms with E-state index >= 15 is 0 Å². The first-order valence-corrected chi connectivity index (χ1v) is 10.3. The smallest absolute Gasteiger partial charge is 0.245 e. The molecule has 2 atom stereocenters. The maximum atomic E-state index is 13.9. The summed E-state index contributed by atoms with van der Waals surface area (Å²) in [7, 11) is -2.11. The minimum Gasteiger partial charge on any atom is -0.337 e. The molecule has 1 fully saturated rings. The molecule has 2 N–H and O–H groups in total. The van der Waals surface area contributed by atoms with Crippen LogP contribution in [0.15, 0.2) is 33.7 Å². The Morgan fingerprint density at radius 1 is 1.37 bits per heavy atom. The highest BCUT2D eigenvalue weighted by Crippen LogP contribution is 2.26. The van der Waals surface area contributed by atoms with E-state index in [2.05, 4.69) is 25.1 Å². The lowest BCUT2D eigenvalue weighted by Crippen LogP contribution is -2.44. The molecule has 2 unspecified atom stereocenters. The molecule has 2 heterocycles. The van der Waals surface area contributed by atoms with E-state index in [-0.39, 0.29) is 17.9 Å². The fourth-order valence-corrected chi connectivity index (χ4v) is 4.38. The lowest BCUT2D eigenvalue weighted by Gasteiger charge is -2.30. The Kier molecular flexibility index (Phi) is 5.89. The summed E-state index contributed by atoms with van der Waals surface area (Å²) in [6.45, 7) is 6.07. The third-order valence-electron chi connectivity index (χ3n) is 4.61. The summed E-state index contributed by atoms with van der Waals surface area (Å²) in [6, 6.07) is 4.42. The minimum atomic E-state index is -4.09. The van der Waals surface area contributed by atoms with Crippen LogP contribution in [-0.2, 0) is 10.0 Å². The van der Waals surface area contributed by atoms with Crippen molar-refractivity contribution in [2.45, 2.75) is 30.8 Å². The van der Waals surface area contributed by atoms with Gasteiger partial charge in [0.1, 0.15) is 16.8 Å². The van der Waals surface area contributed by atoms with E-state index < -0.39 is 26.8 Å². The number of nitrogens with one attached hydrogen (secondary N) is 2. The van der Waals surface area contributed by atoms with E-state index in [1.54, 1.807) is 0 Å². The SMILES string of the molecule is CC(C)C(NS(=O)(=O)c1ccccc1F)c1nc(C2CNCCN2C)no1. The summed E-state index contributed by atoms with van der Waals surface area (Å²) in [5, 5.41) is 7.31. The number of aromatic nitrogens is 2. The van der Waals surface area contributed by atoms with Crippen molar-refractivity contribution in [3.8, 4) is 0 Å². The Bertz CT molecular complexity index is 886. The van der Waals surface area contributed by atoms with Crippen molar-refractivity contribution >= 4 is 10.0 Å². The van der Waals surface area contributed by atoms with Crippen LogP contribution in [0.5, 0.6) is 0 Å². The fourth-order valence-electron chi connectivity index (χ4n) is 2.97. The summed E-state index contributed by atoms with van der Waals surface area (Å²) >= 11 is 0. The van der Waals surface area contributed by atoms with Crippen LogP contribution in [0, 0.1) is 11.7 Å². The zero-order chi connectivity index (χ0) is 19.6. The van der Waals surface area contributed by atoms with E-state index in [1.165, 1.54) is 18.2 Å². The molecule has 1 saturated heterocycles. The van der Waals surface area contributed by atoms with Gasteiger partial charge in [-0.1, -0.05) is 31.1 Å². The Morgan fingerprint density at radius 3 is 2.78 bits per heavy atom. The van der Waals surface area contributed by atoms with Crippen molar-refractivity contribution < 1.29 is 17.3 Å². The number of likely N-dealkylation sites (N-methyl/N-ethyl adjacent to an activating group) is 1. The van der Waals surface area contributed by atoms with Gasteiger partial charge in [-0.05, 0) is 25.1 Å². The molecule has 3 rings (SSSR count). The number of piperazine rings is 1. The molecule has 1 aliphatic rings. The van der Waals surface area contributed by atoms with Gasteiger partial charge in [-0.3, -0.25) is 4.90 Å². The maximum Gasteiger partial charge on any atom is 0.245 e. The van der Waals surface area contributed by atoms with Gasteiger partial charge in [0.25, 0.3) is 0 Å². The Morgan fingerprint density at radius 2 is 2.11 bits per heavy atom. The number of hydrogen-bond acceptors (Lipinski definition) is 7. The molecule has 148 valence electrons. The summed E-state index contributed by atoms with van der Waals surface area (Å²) in [6.07, 6.45) is 0. The standard InChI is InChI=1S/C17H24FN5O3S/c1-11(2)15(22-27(24,25)14-7-5-4-6-12(14)18)17-20-16(21-26-17)13-10-19-8-9-23(13)3/h4-7,11,13,15,19,22H,8-10H2,1-3H3. The van der Waals surface area contributed by atoms with E-state index in [4.69, 9.17) is 4.52 Å². The maximum absolute atomic E-state index is 13.9. The molecule has 0 spiro atoms. The first-order valence-electron chi connectivity index (χ1n) is 8.81. The summed E-state index contributed by atoms with van der Waals surface area (Å²) < 4.78 is 47.1. The zero-order valence-electron chi connectivity index (χ0n) is 15.5. The Labute approximate surface area is 158 Å². The molecule has 0 radical (unpaired) electrons. The molecular weight excluding hydrogens is 373 g/mol. The van der Waals surface area contributed by atoms with Crippen molar-refractivity contribution in [1.29, 1.82) is 0 Å². The van der Waals surface area contributed by atoms with E-state index in [0.29, 0.717) is 12.4 Å². The molecular formula is C17H24FN5O3S. The molecule has 8 nitrogen and oxygen atoms in total. The van der Waals surface area contributed by atoms with Gasteiger partial charge in [-0.15, -0.1) is 0 Å². The van der Waals surface area contributed by atoms with Crippen LogP contribution in [0.25, 0.3) is 0 Å². The summed E-state index contributed by atoms with van der Waals surface area (Å²) in [5.74, 6) is -0.329. The van der Waals surface area contributed by atoms with Crippen molar-refractivity contribution in [2.75, 3.05) is 26.7 Å². The van der Waals surface area contributed by atoms with Gasteiger partial charge in [0.2, 0.25) is 15.9 Å². The molecule has 2 aromatic rings. The van der Waals surface area contributed by atoms with Crippen LogP contribution < -0.4 is 10.0 Å². The predicted octanol–water partition coefficient (Wildman–Crippen LogP) is 1.46. The lowest BCUT2D eigenvalue weighted by molar-refractivity contribution is 0.190. The van der Waals surface area contributed by atoms with Gasteiger partial charge in [0.15, 0.2) is 5.82 Å². The van der Waals surface area contributed by atoms with Gasteiger partial charge >= 0.3 is 0 Å². The van der Waals surface area contributed by atoms with Crippen LogP contribution in [0.4, 0.5) is 4.39 Å². The van der Waals surface area contributed by atoms with Crippen molar-refractivity contribution in [1.82, 2.24) is 25.1 Å². The second-order valence-corrected chi connectivity index (χ2v) is 8.65. The average molecular weight is 397 g/mol. The molecule has 27 heavy (non-hydrogen) atoms. The number of rotatable bonds is 6. The highest BCUT2D eigenvalue weighted by molar-refractivity contribution is 7.89. The average Bonchev–Trinajstić information content (AvgIpc) is 3.09. The largest absolute Gasteiger partial charge is 0.337 e. The van der Waals surface area contributed by atoms with Crippen LogP contribution in [0.2, 0.25) is 0 Å². The minimum absolute atomic E-state index is 0.0489. The topological polar surface area (TPSA) is 100 Å². The van der Waals surface area contributed by atoms with Crippen molar-refractivity contribution in [2.24, 2.45) is 5.92 Å². The molecule has 0 saturated carbocycles. The van der Waals surface area contributed by atoms with Gasteiger partial charge in [-0.2, -0.15) is 9.71 Å². The third kappa shape index (κ3) is 4.34. The van der Waals surface area contributed by atoms with Crippen LogP contribution in [0.3, 0.4) is 0 Å². The molecule has 10 heteroatoms. The summed E-state index contributed by atoms with van der Waals surface area (Å²) in [5.41, 5.74) is 0. The highest BCUT2D eigenvalue weighted by atomic mass is 32.2. The van der Waals surface area contributed by atoms with Gasteiger partial charge in [0, 0.05) is 19.6 Å². The number of benzene rings is 1. The van der Waals surface area contributed by atoms with Crippen molar-refractivity contribution in [3.63, 3.8) is 0 Å². The molecule has 1 aliphatic heterocycles. The van der Waals surface area contributed by atoms with E-state index in [1.807, 2.05) is 20.9 Å². The van der Waals surface area contributed by atoms with E-state index in [9.17, 15) is 12.8 Å². The van der Waals surface area contributed by atoms with Gasteiger partial charge in [-0.25, -0.2) is 12.8 Å². The predicted molar refractivity (Wildman–Crippen MR) is 96.8 cm³/mol. The normalized spacial score (nSPS) is 20.1. The Balaban J connectivity index is 1.85. The monoisotopic (exact) mass is 397 g/mol. The molecule has 1 aromatic heterocycles. The summed E-state index contributed by atoms with van der Waals surface area (Å²) in [4.78, 5) is 6.13. The third-order valence-corrected chi connectivity index (χ3v) is 6.08. The second kappa shape index (κ2) is 8.01. The van der Waals surface area contributed by atoms with Crippen LogP contribution >= 0.6 is 0 Å². The quantitative estimate of drug-likeness (QED) is 0.761. The van der Waals surface area contributed by atoms with Gasteiger partial charge in [0.05, 0.1) is 6.04 Å². The molecule has 0 amide bonds. The van der Waals surface area contributed by atoms with E-state index in [0.717, 1.165) is 19.2 Å². The number of halogens is 1. The first kappa shape index (κ1) is 19.9. The molecule has 0 bridgehead atoms. The lowest BCUT2D eigenvalue weighted by atomic mass is 10.1. The molecule has 0 aliphatic carbocycles. The fraction of sp³-hybridized carbons (Fsp3) is 0.529. The van der Waals surface area contributed by atoms with Gasteiger partial charge < -0.3 is 9.84 Å². The number of nitrogens with zero attached hydrogens (tertiary/aromatic N) is 3.